The van der Waals surface area contributed by atoms with Gasteiger partial charge in [-0.1, -0.05) is 6.42 Å². The molecule has 1 saturated carbocycles. The van der Waals surface area contributed by atoms with Crippen LogP contribution in [0, 0.1) is 12.3 Å². The molecule has 0 radical (unpaired) electrons. The van der Waals surface area contributed by atoms with Gasteiger partial charge in [-0.2, -0.15) is 0 Å². The lowest BCUT2D eigenvalue weighted by Gasteiger charge is -2.46. The Morgan fingerprint density at radius 1 is 1.33 bits per heavy atom. The zero-order valence-electron chi connectivity index (χ0n) is 12.1. The molecule has 112 valence electrons. The fourth-order valence-electron chi connectivity index (χ4n) is 3.05. The van der Waals surface area contributed by atoms with Crippen LogP contribution < -0.4 is 5.32 Å². The van der Waals surface area contributed by atoms with E-state index in [0.717, 1.165) is 11.3 Å². The van der Waals surface area contributed by atoms with Gasteiger partial charge in [0.15, 0.2) is 0 Å². The van der Waals surface area contributed by atoms with Gasteiger partial charge in [-0.05, 0) is 38.8 Å². The molecule has 4 amide bonds. The molecule has 5 nitrogen and oxygen atoms in total. The Hall–Kier alpha value is -1.69. The first kappa shape index (κ1) is 14.3. The number of nitrogens with one attached hydrogen (secondary N) is 1. The van der Waals surface area contributed by atoms with Crippen molar-refractivity contribution in [1.82, 2.24) is 10.2 Å². The smallest absolute Gasteiger partial charge is 0.277 e. The number of rotatable bonds is 3. The minimum absolute atomic E-state index is 0.249. The van der Waals surface area contributed by atoms with Crippen molar-refractivity contribution in [2.75, 3.05) is 0 Å². The fourth-order valence-corrected chi connectivity index (χ4v) is 4.06. The molecule has 2 heterocycles. The maximum atomic E-state index is 12.6. The molecule has 2 fully saturated rings. The van der Waals surface area contributed by atoms with E-state index in [-0.39, 0.29) is 11.9 Å². The lowest BCUT2D eigenvalue weighted by atomic mass is 9.66. The van der Waals surface area contributed by atoms with E-state index >= 15 is 0 Å². The van der Waals surface area contributed by atoms with Crippen LogP contribution in [-0.2, 0) is 16.0 Å². The molecule has 6 heteroatoms. The Bertz CT molecular complexity index is 618. The van der Waals surface area contributed by atoms with Gasteiger partial charge in [0.1, 0.15) is 5.41 Å². The summed E-state index contributed by atoms with van der Waals surface area (Å²) in [6, 6.07) is 3.22. The number of hydrogen-bond donors (Lipinski definition) is 1. The van der Waals surface area contributed by atoms with Gasteiger partial charge in [-0.15, -0.1) is 11.3 Å². The standard InChI is InChI=1S/C15H18N2O3S/c1-9(8-11-5-4-10(2)21-11)17-13(19)15(6-3-7-15)12(18)16-14(17)20/h4-5,9H,3,6-8H2,1-2H3,(H,16,18,20). The van der Waals surface area contributed by atoms with Gasteiger partial charge in [0, 0.05) is 22.2 Å². The van der Waals surface area contributed by atoms with Gasteiger partial charge in [0.05, 0.1) is 0 Å². The zero-order valence-corrected chi connectivity index (χ0v) is 13.0. The summed E-state index contributed by atoms with van der Waals surface area (Å²) >= 11 is 1.67. The highest BCUT2D eigenvalue weighted by Crippen LogP contribution is 2.44. The number of barbiturate groups is 1. The molecule has 1 saturated heterocycles. The predicted octanol–water partition coefficient (Wildman–Crippen LogP) is 2.24. The highest BCUT2D eigenvalue weighted by atomic mass is 32.1. The topological polar surface area (TPSA) is 66.5 Å². The van der Waals surface area contributed by atoms with Gasteiger partial charge >= 0.3 is 6.03 Å². The van der Waals surface area contributed by atoms with E-state index in [1.807, 2.05) is 26.0 Å². The molecule has 1 aliphatic heterocycles. The van der Waals surface area contributed by atoms with Crippen LogP contribution in [0.4, 0.5) is 4.79 Å². The van der Waals surface area contributed by atoms with Crippen LogP contribution >= 0.6 is 11.3 Å². The van der Waals surface area contributed by atoms with Crippen LogP contribution in [0.15, 0.2) is 12.1 Å². The summed E-state index contributed by atoms with van der Waals surface area (Å²) in [6.45, 7) is 3.88. The van der Waals surface area contributed by atoms with Gasteiger partial charge in [-0.3, -0.25) is 19.8 Å². The number of amides is 4. The number of aryl methyl sites for hydroxylation is 1. The van der Waals surface area contributed by atoms with Crippen molar-refractivity contribution >= 4 is 29.2 Å². The molecule has 0 bridgehead atoms. The second kappa shape index (κ2) is 4.94. The van der Waals surface area contributed by atoms with Crippen molar-refractivity contribution in [2.45, 2.75) is 45.6 Å². The van der Waals surface area contributed by atoms with E-state index in [2.05, 4.69) is 5.32 Å². The summed E-state index contributed by atoms with van der Waals surface area (Å²) in [5.74, 6) is -0.734. The van der Waals surface area contributed by atoms with Gasteiger partial charge in [-0.25, -0.2) is 4.79 Å². The third-order valence-corrected chi connectivity index (χ3v) is 5.47. The maximum Gasteiger partial charge on any atom is 0.331 e. The second-order valence-electron chi connectivity index (χ2n) is 5.94. The number of nitrogens with zero attached hydrogens (tertiary/aromatic N) is 1. The van der Waals surface area contributed by atoms with Crippen molar-refractivity contribution in [1.29, 1.82) is 0 Å². The van der Waals surface area contributed by atoms with E-state index in [1.165, 1.54) is 9.78 Å². The molecule has 1 spiro atoms. The summed E-state index contributed by atoms with van der Waals surface area (Å²) < 4.78 is 0. The van der Waals surface area contributed by atoms with Crippen molar-refractivity contribution < 1.29 is 14.4 Å². The molecule has 1 aromatic heterocycles. The highest BCUT2D eigenvalue weighted by Gasteiger charge is 2.57. The van der Waals surface area contributed by atoms with Crippen molar-refractivity contribution in [3.63, 3.8) is 0 Å². The minimum atomic E-state index is -0.979. The summed E-state index contributed by atoms with van der Waals surface area (Å²) in [7, 11) is 0. The van der Waals surface area contributed by atoms with Gasteiger partial charge in [0.25, 0.3) is 0 Å². The summed E-state index contributed by atoms with van der Waals surface area (Å²) in [6.07, 6.45) is 2.58. The van der Waals surface area contributed by atoms with Crippen LogP contribution in [-0.4, -0.2) is 28.8 Å². The first-order valence-corrected chi connectivity index (χ1v) is 8.00. The van der Waals surface area contributed by atoms with E-state index in [0.29, 0.717) is 19.3 Å². The normalized spacial score (nSPS) is 22.2. The number of hydrogen-bond acceptors (Lipinski definition) is 4. The monoisotopic (exact) mass is 306 g/mol. The molecular weight excluding hydrogens is 288 g/mol. The van der Waals surface area contributed by atoms with Gasteiger partial charge in [0.2, 0.25) is 11.8 Å². The van der Waals surface area contributed by atoms with Crippen molar-refractivity contribution in [2.24, 2.45) is 5.41 Å². The average Bonchev–Trinajstić information content (AvgIpc) is 2.72. The van der Waals surface area contributed by atoms with Crippen LogP contribution in [0.1, 0.15) is 35.9 Å². The lowest BCUT2D eigenvalue weighted by molar-refractivity contribution is -0.158. The Morgan fingerprint density at radius 2 is 2.05 bits per heavy atom. The maximum absolute atomic E-state index is 12.6. The minimum Gasteiger partial charge on any atom is -0.277 e. The molecule has 1 atom stereocenters. The Balaban J connectivity index is 1.81. The summed E-state index contributed by atoms with van der Waals surface area (Å²) in [5.41, 5.74) is -0.979. The van der Waals surface area contributed by atoms with Crippen LogP contribution in [0.25, 0.3) is 0 Å². The molecule has 1 aliphatic carbocycles. The lowest BCUT2D eigenvalue weighted by Crippen LogP contribution is -2.67. The first-order valence-electron chi connectivity index (χ1n) is 7.18. The number of imide groups is 2. The quantitative estimate of drug-likeness (QED) is 0.871. The van der Waals surface area contributed by atoms with E-state index in [4.69, 9.17) is 0 Å². The molecule has 2 aliphatic rings. The average molecular weight is 306 g/mol. The SMILES string of the molecule is Cc1ccc(CC(C)N2C(=O)NC(=O)C3(CCC3)C2=O)s1. The van der Waals surface area contributed by atoms with Crippen LogP contribution in [0.3, 0.4) is 0 Å². The molecular formula is C15H18N2O3S. The third kappa shape index (κ3) is 2.18. The van der Waals surface area contributed by atoms with E-state index in [9.17, 15) is 14.4 Å². The molecule has 3 rings (SSSR count). The van der Waals surface area contributed by atoms with Gasteiger partial charge < -0.3 is 0 Å². The Kier molecular flexibility index (Phi) is 3.36. The fraction of sp³-hybridized carbons (Fsp3) is 0.533. The molecule has 1 unspecified atom stereocenters. The predicted molar refractivity (Wildman–Crippen MR) is 78.9 cm³/mol. The first-order chi connectivity index (χ1) is 9.94. The number of thiophene rings is 1. The number of carbonyl (C=O) groups is 3. The number of carbonyl (C=O) groups excluding carboxylic acids is 3. The molecule has 1 N–H and O–H groups in total. The number of urea groups is 1. The van der Waals surface area contributed by atoms with Crippen LogP contribution in [0.5, 0.6) is 0 Å². The molecule has 0 aromatic carbocycles. The summed E-state index contributed by atoms with van der Waals surface area (Å²) in [4.78, 5) is 40.3. The molecule has 21 heavy (non-hydrogen) atoms. The Labute approximate surface area is 127 Å². The van der Waals surface area contributed by atoms with E-state index in [1.54, 1.807) is 11.3 Å². The third-order valence-electron chi connectivity index (χ3n) is 4.44. The van der Waals surface area contributed by atoms with Crippen LogP contribution in [0.2, 0.25) is 0 Å². The largest absolute Gasteiger partial charge is 0.331 e. The summed E-state index contributed by atoms with van der Waals surface area (Å²) in [5, 5.41) is 2.36. The zero-order chi connectivity index (χ0) is 15.2. The second-order valence-corrected chi connectivity index (χ2v) is 7.31. The molecule has 1 aromatic rings. The van der Waals surface area contributed by atoms with Crippen molar-refractivity contribution in [3.05, 3.63) is 21.9 Å². The highest BCUT2D eigenvalue weighted by molar-refractivity contribution is 7.11. The Morgan fingerprint density at radius 3 is 2.57 bits per heavy atom. The van der Waals surface area contributed by atoms with E-state index < -0.39 is 17.4 Å². The van der Waals surface area contributed by atoms with Crippen molar-refractivity contribution in [3.8, 4) is 0 Å².